The standard InChI is InChI=1S/C16H16N4O5S/c21-15(14-2-1-7-25-14)18-16(26)17-11-3-4-12(13(10-11)20(22)23)19-5-8-24-9-6-19/h1-4,7,10H,5-6,8-9H2,(H2,17,18,21,26). The van der Waals surface area contributed by atoms with Gasteiger partial charge in [0.2, 0.25) is 0 Å². The van der Waals surface area contributed by atoms with Gasteiger partial charge in [-0.3, -0.25) is 20.2 Å². The number of nitro benzene ring substituents is 1. The van der Waals surface area contributed by atoms with Gasteiger partial charge in [0.1, 0.15) is 5.69 Å². The Balaban J connectivity index is 1.71. The molecule has 3 rings (SSSR count). The minimum atomic E-state index is -0.507. The number of hydrogen-bond acceptors (Lipinski definition) is 7. The summed E-state index contributed by atoms with van der Waals surface area (Å²) in [6.45, 7) is 2.23. The molecule has 0 unspecified atom stereocenters. The van der Waals surface area contributed by atoms with Gasteiger partial charge in [-0.15, -0.1) is 0 Å². The number of amides is 1. The molecular weight excluding hydrogens is 360 g/mol. The van der Waals surface area contributed by atoms with E-state index in [1.165, 1.54) is 18.4 Å². The van der Waals surface area contributed by atoms with Crippen molar-refractivity contribution in [2.24, 2.45) is 0 Å². The van der Waals surface area contributed by atoms with Gasteiger partial charge < -0.3 is 19.4 Å². The van der Waals surface area contributed by atoms with E-state index in [1.807, 2.05) is 4.90 Å². The fraction of sp³-hybridized carbons (Fsp3) is 0.250. The Bertz CT molecular complexity index is 818. The van der Waals surface area contributed by atoms with E-state index in [4.69, 9.17) is 21.4 Å². The molecule has 0 aliphatic carbocycles. The molecule has 0 atom stereocenters. The molecule has 0 spiro atoms. The van der Waals surface area contributed by atoms with Crippen LogP contribution in [0.25, 0.3) is 0 Å². The summed E-state index contributed by atoms with van der Waals surface area (Å²) in [6, 6.07) is 7.79. The number of rotatable bonds is 4. The molecule has 2 heterocycles. The lowest BCUT2D eigenvalue weighted by Gasteiger charge is -2.28. The fourth-order valence-corrected chi connectivity index (χ4v) is 2.76. The summed E-state index contributed by atoms with van der Waals surface area (Å²) in [4.78, 5) is 24.8. The molecule has 10 heteroatoms. The van der Waals surface area contributed by atoms with Crippen LogP contribution in [0.5, 0.6) is 0 Å². The molecule has 0 bridgehead atoms. The van der Waals surface area contributed by atoms with E-state index in [-0.39, 0.29) is 16.6 Å². The van der Waals surface area contributed by atoms with Crippen molar-refractivity contribution in [2.75, 3.05) is 36.5 Å². The second kappa shape index (κ2) is 7.93. The summed E-state index contributed by atoms with van der Waals surface area (Å²) in [5.41, 5.74) is 0.880. The number of nitrogens with one attached hydrogen (secondary N) is 2. The molecule has 0 radical (unpaired) electrons. The Morgan fingerprint density at radius 2 is 2.04 bits per heavy atom. The Labute approximate surface area is 154 Å². The molecule has 26 heavy (non-hydrogen) atoms. The summed E-state index contributed by atoms with van der Waals surface area (Å²) in [5.74, 6) is -0.394. The number of anilines is 2. The number of morpholine rings is 1. The zero-order valence-corrected chi connectivity index (χ0v) is 14.5. The summed E-state index contributed by atoms with van der Waals surface area (Å²) < 4.78 is 10.3. The Kier molecular flexibility index (Phi) is 5.44. The van der Waals surface area contributed by atoms with Gasteiger partial charge in [0.05, 0.1) is 24.4 Å². The smallest absolute Gasteiger partial charge is 0.294 e. The van der Waals surface area contributed by atoms with Crippen LogP contribution in [-0.4, -0.2) is 42.2 Å². The molecule has 2 aromatic rings. The summed E-state index contributed by atoms with van der Waals surface area (Å²) in [7, 11) is 0. The lowest BCUT2D eigenvalue weighted by Crippen LogP contribution is -2.36. The van der Waals surface area contributed by atoms with Gasteiger partial charge >= 0.3 is 0 Å². The second-order valence-electron chi connectivity index (χ2n) is 5.45. The number of furan rings is 1. The van der Waals surface area contributed by atoms with E-state index in [0.29, 0.717) is 37.7 Å². The third-order valence-electron chi connectivity index (χ3n) is 3.75. The van der Waals surface area contributed by atoms with E-state index in [0.717, 1.165) is 0 Å². The predicted octanol–water partition coefficient (Wildman–Crippen LogP) is 2.15. The van der Waals surface area contributed by atoms with Crippen LogP contribution in [0.2, 0.25) is 0 Å². The molecule has 2 N–H and O–H groups in total. The van der Waals surface area contributed by atoms with Crippen molar-refractivity contribution in [3.05, 3.63) is 52.5 Å². The van der Waals surface area contributed by atoms with Gasteiger partial charge in [0, 0.05) is 24.8 Å². The van der Waals surface area contributed by atoms with Crippen LogP contribution < -0.4 is 15.5 Å². The first-order valence-electron chi connectivity index (χ1n) is 7.81. The van der Waals surface area contributed by atoms with Crippen LogP contribution >= 0.6 is 12.2 Å². The van der Waals surface area contributed by atoms with Gasteiger partial charge in [-0.1, -0.05) is 0 Å². The van der Waals surface area contributed by atoms with Crippen molar-refractivity contribution in [1.29, 1.82) is 0 Å². The summed E-state index contributed by atoms with van der Waals surface area (Å²) in [6.07, 6.45) is 1.37. The van der Waals surface area contributed by atoms with Crippen LogP contribution in [0.4, 0.5) is 17.1 Å². The average Bonchev–Trinajstić information content (AvgIpc) is 3.17. The summed E-state index contributed by atoms with van der Waals surface area (Å²) >= 11 is 5.07. The quantitative estimate of drug-likeness (QED) is 0.474. The van der Waals surface area contributed by atoms with E-state index in [2.05, 4.69) is 10.6 Å². The normalized spacial score (nSPS) is 13.9. The average molecular weight is 376 g/mol. The number of nitro groups is 1. The Morgan fingerprint density at radius 3 is 2.69 bits per heavy atom. The number of nitrogens with zero attached hydrogens (tertiary/aromatic N) is 2. The first-order chi connectivity index (χ1) is 12.5. The highest BCUT2D eigenvalue weighted by Crippen LogP contribution is 2.31. The van der Waals surface area contributed by atoms with Crippen molar-refractivity contribution >= 4 is 40.3 Å². The minimum absolute atomic E-state index is 0.0137. The molecule has 0 saturated carbocycles. The van der Waals surface area contributed by atoms with Crippen LogP contribution in [0.15, 0.2) is 41.0 Å². The number of ether oxygens (including phenoxy) is 1. The molecule has 1 fully saturated rings. The highest BCUT2D eigenvalue weighted by molar-refractivity contribution is 7.80. The highest BCUT2D eigenvalue weighted by atomic mass is 32.1. The van der Waals surface area contributed by atoms with E-state index >= 15 is 0 Å². The molecule has 1 amide bonds. The van der Waals surface area contributed by atoms with E-state index in [9.17, 15) is 14.9 Å². The first kappa shape index (κ1) is 17.8. The molecule has 136 valence electrons. The SMILES string of the molecule is O=C(NC(=S)Nc1ccc(N2CCOCC2)c([N+](=O)[O-])c1)c1ccco1. The van der Waals surface area contributed by atoms with Crippen LogP contribution in [-0.2, 0) is 4.74 Å². The highest BCUT2D eigenvalue weighted by Gasteiger charge is 2.22. The second-order valence-corrected chi connectivity index (χ2v) is 5.85. The zero-order chi connectivity index (χ0) is 18.5. The first-order valence-corrected chi connectivity index (χ1v) is 8.22. The van der Waals surface area contributed by atoms with Gasteiger partial charge in [0.15, 0.2) is 10.9 Å². The number of hydrogen-bond donors (Lipinski definition) is 2. The topological polar surface area (TPSA) is 110 Å². The molecule has 1 aliphatic rings. The Morgan fingerprint density at radius 1 is 1.27 bits per heavy atom. The number of benzene rings is 1. The largest absolute Gasteiger partial charge is 0.459 e. The molecule has 1 aromatic heterocycles. The van der Waals surface area contributed by atoms with Crippen molar-refractivity contribution < 1.29 is 18.9 Å². The molecule has 1 aromatic carbocycles. The van der Waals surface area contributed by atoms with Crippen LogP contribution in [0.3, 0.4) is 0 Å². The number of carbonyl (C=O) groups excluding carboxylic acids is 1. The molecule has 1 saturated heterocycles. The van der Waals surface area contributed by atoms with E-state index in [1.54, 1.807) is 18.2 Å². The van der Waals surface area contributed by atoms with Crippen LogP contribution in [0, 0.1) is 10.1 Å². The third-order valence-corrected chi connectivity index (χ3v) is 3.96. The third kappa shape index (κ3) is 4.16. The fourth-order valence-electron chi connectivity index (χ4n) is 2.55. The minimum Gasteiger partial charge on any atom is -0.459 e. The van der Waals surface area contributed by atoms with Crippen molar-refractivity contribution in [1.82, 2.24) is 5.32 Å². The molecule has 1 aliphatic heterocycles. The maximum Gasteiger partial charge on any atom is 0.294 e. The maximum atomic E-state index is 11.9. The molecular formula is C16H16N4O5S. The lowest BCUT2D eigenvalue weighted by molar-refractivity contribution is -0.384. The number of thiocarbonyl (C=S) groups is 1. The molecule has 9 nitrogen and oxygen atoms in total. The van der Waals surface area contributed by atoms with Gasteiger partial charge in [-0.05, 0) is 36.5 Å². The zero-order valence-electron chi connectivity index (χ0n) is 13.6. The lowest BCUT2D eigenvalue weighted by atomic mass is 10.2. The monoisotopic (exact) mass is 376 g/mol. The predicted molar refractivity (Wildman–Crippen MR) is 98.5 cm³/mol. The van der Waals surface area contributed by atoms with Crippen molar-refractivity contribution in [3.63, 3.8) is 0 Å². The van der Waals surface area contributed by atoms with Crippen LogP contribution in [0.1, 0.15) is 10.6 Å². The van der Waals surface area contributed by atoms with Crippen molar-refractivity contribution in [2.45, 2.75) is 0 Å². The van der Waals surface area contributed by atoms with E-state index < -0.39 is 10.8 Å². The van der Waals surface area contributed by atoms with Crippen molar-refractivity contribution in [3.8, 4) is 0 Å². The van der Waals surface area contributed by atoms with Gasteiger partial charge in [-0.25, -0.2) is 0 Å². The number of carbonyl (C=O) groups is 1. The van der Waals surface area contributed by atoms with Gasteiger partial charge in [0.25, 0.3) is 11.6 Å². The van der Waals surface area contributed by atoms with Gasteiger partial charge in [-0.2, -0.15) is 0 Å². The maximum absolute atomic E-state index is 11.9. The summed E-state index contributed by atoms with van der Waals surface area (Å²) in [5, 5.41) is 16.7. The Hall–Kier alpha value is -2.98.